The molecule has 0 aromatic heterocycles. The molecule has 2 aromatic rings. The summed E-state index contributed by atoms with van der Waals surface area (Å²) in [5.74, 6) is -3.16. The number of hydrogen-bond acceptors (Lipinski definition) is 5. The number of fused-ring (bicyclic) bond motifs is 1. The van der Waals surface area contributed by atoms with E-state index in [2.05, 4.69) is 4.74 Å². The number of carbonyl (C=O) groups is 3. The fourth-order valence-electron chi connectivity index (χ4n) is 3.68. The normalized spacial score (nSPS) is 17.5. The molecule has 1 saturated heterocycles. The predicted octanol–water partition coefficient (Wildman–Crippen LogP) is 1.81. The van der Waals surface area contributed by atoms with Crippen LogP contribution < -0.4 is 0 Å². The first-order valence-electron chi connectivity index (χ1n) is 9.24. The fraction of sp³-hybridized carbons (Fsp3) is 0.381. The van der Waals surface area contributed by atoms with Gasteiger partial charge in [0.05, 0.1) is 11.8 Å². The van der Waals surface area contributed by atoms with Crippen molar-refractivity contribution in [2.75, 3.05) is 19.9 Å². The van der Waals surface area contributed by atoms with Crippen molar-refractivity contribution in [3.05, 3.63) is 48.0 Å². The zero-order chi connectivity index (χ0) is 20.1. The Bertz CT molecular complexity index is 875. The summed E-state index contributed by atoms with van der Waals surface area (Å²) in [4.78, 5) is 37.6. The second kappa shape index (κ2) is 8.84. The summed E-state index contributed by atoms with van der Waals surface area (Å²) in [5, 5.41) is 20.3. The Morgan fingerprint density at radius 1 is 1.14 bits per heavy atom. The van der Waals surface area contributed by atoms with Gasteiger partial charge < -0.3 is 19.8 Å². The van der Waals surface area contributed by atoms with E-state index < -0.39 is 30.6 Å². The zero-order valence-electron chi connectivity index (χ0n) is 15.4. The van der Waals surface area contributed by atoms with Gasteiger partial charge in [0.25, 0.3) is 0 Å². The number of ether oxygens (including phenoxy) is 1. The topological polar surface area (TPSA) is 104 Å². The third-order valence-electron chi connectivity index (χ3n) is 5.20. The monoisotopic (exact) mass is 385 g/mol. The number of carbonyl (C=O) groups excluding carboxylic acids is 2. The number of benzene rings is 2. The Morgan fingerprint density at radius 3 is 2.64 bits per heavy atom. The van der Waals surface area contributed by atoms with Crippen LogP contribution in [0.15, 0.2) is 42.5 Å². The quantitative estimate of drug-likeness (QED) is 0.556. The molecule has 148 valence electrons. The number of aliphatic hydroxyl groups is 1. The van der Waals surface area contributed by atoms with Gasteiger partial charge in [-0.05, 0) is 29.2 Å². The number of aliphatic carboxylic acids is 1. The Labute approximate surface area is 162 Å². The van der Waals surface area contributed by atoms with E-state index in [9.17, 15) is 19.5 Å². The largest absolute Gasteiger partial charge is 0.481 e. The summed E-state index contributed by atoms with van der Waals surface area (Å²) in [6, 6.07) is 13.5. The highest BCUT2D eigenvalue weighted by Gasteiger charge is 2.34. The van der Waals surface area contributed by atoms with Crippen LogP contribution in [-0.4, -0.2) is 52.8 Å². The number of esters is 1. The molecule has 1 fully saturated rings. The van der Waals surface area contributed by atoms with Crippen molar-refractivity contribution in [3.63, 3.8) is 0 Å². The summed E-state index contributed by atoms with van der Waals surface area (Å²) in [6.45, 7) is -0.113. The van der Waals surface area contributed by atoms with Crippen molar-refractivity contribution >= 4 is 28.6 Å². The number of amides is 1. The highest BCUT2D eigenvalue weighted by atomic mass is 16.6. The number of nitrogens with zero attached hydrogens (tertiary/aromatic N) is 1. The minimum atomic E-state index is -1.02. The highest BCUT2D eigenvalue weighted by Crippen LogP contribution is 2.24. The lowest BCUT2D eigenvalue weighted by Gasteiger charge is -2.19. The lowest BCUT2D eigenvalue weighted by atomic mass is 9.92. The van der Waals surface area contributed by atoms with E-state index in [4.69, 9.17) is 5.11 Å². The molecule has 0 bridgehead atoms. The SMILES string of the molecule is O=C(O)C(CC(=O)N1CCC(C(=O)OCO)C1)Cc1cccc2ccccc12. The average molecular weight is 385 g/mol. The van der Waals surface area contributed by atoms with Crippen LogP contribution in [0, 0.1) is 11.8 Å². The number of hydrogen-bond donors (Lipinski definition) is 2. The molecular formula is C21H23NO6. The molecule has 0 radical (unpaired) electrons. The molecule has 7 heteroatoms. The van der Waals surface area contributed by atoms with E-state index >= 15 is 0 Å². The second-order valence-electron chi connectivity index (χ2n) is 7.00. The lowest BCUT2D eigenvalue weighted by molar-refractivity contribution is -0.156. The van der Waals surface area contributed by atoms with Crippen LogP contribution in [-0.2, 0) is 25.5 Å². The number of carboxylic acid groups (broad SMARTS) is 1. The van der Waals surface area contributed by atoms with Crippen LogP contribution >= 0.6 is 0 Å². The van der Waals surface area contributed by atoms with Gasteiger partial charge in [0.15, 0.2) is 6.79 Å². The molecule has 3 rings (SSSR count). The number of likely N-dealkylation sites (tertiary alicyclic amines) is 1. The van der Waals surface area contributed by atoms with Gasteiger partial charge in [0.2, 0.25) is 5.91 Å². The molecule has 2 aromatic carbocycles. The molecule has 1 aliphatic heterocycles. The first-order valence-corrected chi connectivity index (χ1v) is 9.24. The maximum atomic E-state index is 12.6. The van der Waals surface area contributed by atoms with E-state index in [1.54, 1.807) is 0 Å². The molecule has 0 aliphatic carbocycles. The van der Waals surface area contributed by atoms with Crippen LogP contribution in [0.5, 0.6) is 0 Å². The van der Waals surface area contributed by atoms with Crippen LogP contribution in [0.4, 0.5) is 0 Å². The zero-order valence-corrected chi connectivity index (χ0v) is 15.4. The van der Waals surface area contributed by atoms with E-state index in [1.807, 2.05) is 42.5 Å². The van der Waals surface area contributed by atoms with Crippen molar-refractivity contribution in [1.82, 2.24) is 4.90 Å². The van der Waals surface area contributed by atoms with Gasteiger partial charge in [-0.1, -0.05) is 42.5 Å². The maximum absolute atomic E-state index is 12.6. The van der Waals surface area contributed by atoms with E-state index in [1.165, 1.54) is 4.90 Å². The molecule has 0 saturated carbocycles. The predicted molar refractivity (Wildman–Crippen MR) is 101 cm³/mol. The van der Waals surface area contributed by atoms with Gasteiger partial charge in [0.1, 0.15) is 0 Å². The smallest absolute Gasteiger partial charge is 0.312 e. The number of aliphatic hydroxyl groups excluding tert-OH is 1. The molecule has 1 heterocycles. The fourth-order valence-corrected chi connectivity index (χ4v) is 3.68. The summed E-state index contributed by atoms with van der Waals surface area (Å²) in [7, 11) is 0. The molecule has 1 aliphatic rings. The standard InChI is InChI=1S/C21H23NO6/c23-13-28-21(27)16-8-9-22(12-16)19(24)11-17(20(25)26)10-15-6-3-5-14-4-1-2-7-18(14)15/h1-7,16-17,23H,8-13H2,(H,25,26). The molecule has 28 heavy (non-hydrogen) atoms. The van der Waals surface area contributed by atoms with Gasteiger partial charge in [-0.3, -0.25) is 14.4 Å². The Kier molecular flexibility index (Phi) is 6.26. The van der Waals surface area contributed by atoms with E-state index in [0.717, 1.165) is 16.3 Å². The minimum Gasteiger partial charge on any atom is -0.481 e. The average Bonchev–Trinajstić information content (AvgIpc) is 3.18. The lowest BCUT2D eigenvalue weighted by Crippen LogP contribution is -2.33. The number of carboxylic acids is 1. The van der Waals surface area contributed by atoms with Crippen molar-refractivity contribution in [1.29, 1.82) is 0 Å². The van der Waals surface area contributed by atoms with Crippen molar-refractivity contribution < 1.29 is 29.3 Å². The third kappa shape index (κ3) is 4.48. The van der Waals surface area contributed by atoms with Crippen LogP contribution in [0.2, 0.25) is 0 Å². The van der Waals surface area contributed by atoms with Gasteiger partial charge in [-0.25, -0.2) is 0 Å². The Morgan fingerprint density at radius 2 is 1.89 bits per heavy atom. The van der Waals surface area contributed by atoms with Gasteiger partial charge >= 0.3 is 11.9 Å². The first-order chi connectivity index (χ1) is 13.5. The summed E-state index contributed by atoms with van der Waals surface area (Å²) >= 11 is 0. The molecule has 2 unspecified atom stereocenters. The third-order valence-corrected chi connectivity index (χ3v) is 5.20. The molecule has 7 nitrogen and oxygen atoms in total. The molecule has 1 amide bonds. The van der Waals surface area contributed by atoms with Gasteiger partial charge in [-0.15, -0.1) is 0 Å². The van der Waals surface area contributed by atoms with Crippen molar-refractivity contribution in [3.8, 4) is 0 Å². The molecular weight excluding hydrogens is 362 g/mol. The summed E-state index contributed by atoms with van der Waals surface area (Å²) in [6.07, 6.45) is 0.582. The Hall–Kier alpha value is -2.93. The maximum Gasteiger partial charge on any atom is 0.312 e. The highest BCUT2D eigenvalue weighted by molar-refractivity contribution is 5.87. The minimum absolute atomic E-state index is 0.125. The molecule has 2 N–H and O–H groups in total. The summed E-state index contributed by atoms with van der Waals surface area (Å²) < 4.78 is 4.58. The van der Waals surface area contributed by atoms with Crippen LogP contribution in [0.1, 0.15) is 18.4 Å². The van der Waals surface area contributed by atoms with Crippen LogP contribution in [0.3, 0.4) is 0 Å². The van der Waals surface area contributed by atoms with E-state index in [-0.39, 0.29) is 25.3 Å². The summed E-state index contributed by atoms with van der Waals surface area (Å²) in [5.41, 5.74) is 0.893. The molecule has 0 spiro atoms. The van der Waals surface area contributed by atoms with Gasteiger partial charge in [0, 0.05) is 19.5 Å². The molecule has 2 atom stereocenters. The van der Waals surface area contributed by atoms with Gasteiger partial charge in [-0.2, -0.15) is 0 Å². The van der Waals surface area contributed by atoms with E-state index in [0.29, 0.717) is 13.0 Å². The van der Waals surface area contributed by atoms with Crippen molar-refractivity contribution in [2.24, 2.45) is 11.8 Å². The van der Waals surface area contributed by atoms with Crippen molar-refractivity contribution in [2.45, 2.75) is 19.3 Å². The van der Waals surface area contributed by atoms with Crippen LogP contribution in [0.25, 0.3) is 10.8 Å². The first kappa shape index (κ1) is 19.8. The second-order valence-corrected chi connectivity index (χ2v) is 7.00. The number of rotatable bonds is 7. The Balaban J connectivity index is 1.67.